The van der Waals surface area contributed by atoms with E-state index >= 15 is 0 Å². The van der Waals surface area contributed by atoms with Gasteiger partial charge < -0.3 is 4.74 Å². The Morgan fingerprint density at radius 2 is 1.31 bits per heavy atom. The van der Waals surface area contributed by atoms with Gasteiger partial charge in [0.2, 0.25) is 34.8 Å². The van der Waals surface area contributed by atoms with Gasteiger partial charge in [0.15, 0.2) is 0 Å². The monoisotopic (exact) mass is 258 g/mol. The molecule has 0 unspecified atom stereocenters. The summed E-state index contributed by atoms with van der Waals surface area (Å²) in [6.45, 7) is 0. The van der Waals surface area contributed by atoms with E-state index in [0.29, 0.717) is 0 Å². The Balaban J connectivity index is 3.34. The Bertz CT molecular complexity index is 420. The van der Waals surface area contributed by atoms with E-state index in [1.165, 1.54) is 0 Å². The molecule has 0 aromatic heterocycles. The fourth-order valence-corrected chi connectivity index (χ4v) is 0.885. The summed E-state index contributed by atoms with van der Waals surface area (Å²) in [5.41, 5.74) is 0. The lowest BCUT2D eigenvalue weighted by molar-refractivity contribution is -0.131. The van der Waals surface area contributed by atoms with Crippen molar-refractivity contribution in [3.8, 4) is 5.75 Å². The van der Waals surface area contributed by atoms with E-state index in [2.05, 4.69) is 17.4 Å². The molecule has 0 aliphatic heterocycles. The minimum atomic E-state index is -2.32. The molecule has 8 heteroatoms. The number of carbonyl (C=O) groups excluding carboxylic acids is 1. The van der Waals surface area contributed by atoms with Crippen LogP contribution in [0.15, 0.2) is 0 Å². The molecule has 0 amide bonds. The Hall–Kier alpha value is -1.31. The summed E-state index contributed by atoms with van der Waals surface area (Å²) in [5, 5.41) is 0. The van der Waals surface area contributed by atoms with E-state index in [0.717, 1.165) is 0 Å². The van der Waals surface area contributed by atoms with Crippen LogP contribution in [0.5, 0.6) is 5.75 Å². The zero-order valence-electron chi connectivity index (χ0n) is 7.36. The molecule has 16 heavy (non-hydrogen) atoms. The molecule has 1 aromatic rings. The van der Waals surface area contributed by atoms with Crippen molar-refractivity contribution in [1.29, 1.82) is 0 Å². The zero-order valence-corrected chi connectivity index (χ0v) is 8.26. The van der Waals surface area contributed by atoms with E-state index < -0.39 is 46.6 Å². The number of carbonyl (C=O) groups is 1. The van der Waals surface area contributed by atoms with Gasteiger partial charge in [-0.05, 0) is 0 Å². The van der Waals surface area contributed by atoms with Crippen molar-refractivity contribution < 1.29 is 31.5 Å². The normalized spacial score (nSPS) is 10.4. The summed E-state index contributed by atoms with van der Waals surface area (Å²) in [5.74, 6) is -14.5. The number of esters is 1. The maximum absolute atomic E-state index is 12.9. The molecule has 0 atom stereocenters. The number of hydrogen-bond acceptors (Lipinski definition) is 3. The topological polar surface area (TPSA) is 26.3 Å². The molecule has 0 saturated heterocycles. The highest BCUT2D eigenvalue weighted by Crippen LogP contribution is 2.29. The van der Waals surface area contributed by atoms with Crippen molar-refractivity contribution in [3.05, 3.63) is 29.1 Å². The van der Waals surface area contributed by atoms with Crippen LogP contribution in [0, 0.1) is 29.1 Å². The van der Waals surface area contributed by atoms with Crippen LogP contribution < -0.4 is 4.74 Å². The van der Waals surface area contributed by atoms with Gasteiger partial charge in [0, 0.05) is 0 Å². The molecule has 0 aliphatic carbocycles. The summed E-state index contributed by atoms with van der Waals surface area (Å²) >= 11 is 3.41. The molecule has 0 heterocycles. The number of ether oxygens (including phenoxy) is 1. The first-order chi connectivity index (χ1) is 7.40. The predicted octanol–water partition coefficient (Wildman–Crippen LogP) is 2.22. The van der Waals surface area contributed by atoms with Gasteiger partial charge in [0.25, 0.3) is 0 Å². The lowest BCUT2D eigenvalue weighted by Gasteiger charge is -2.07. The molecule has 88 valence electrons. The van der Waals surface area contributed by atoms with Gasteiger partial charge in [-0.3, -0.25) is 4.79 Å². The Morgan fingerprint density at radius 3 is 1.69 bits per heavy atom. The van der Waals surface area contributed by atoms with Gasteiger partial charge in [-0.15, -0.1) is 0 Å². The number of rotatable bonds is 2. The van der Waals surface area contributed by atoms with Gasteiger partial charge in [0.05, 0.1) is 5.75 Å². The van der Waals surface area contributed by atoms with E-state index in [9.17, 15) is 26.7 Å². The van der Waals surface area contributed by atoms with E-state index in [1.54, 1.807) is 0 Å². The second-order valence-corrected chi connectivity index (χ2v) is 2.85. The number of benzene rings is 1. The van der Waals surface area contributed by atoms with Gasteiger partial charge in [-0.2, -0.15) is 21.4 Å². The summed E-state index contributed by atoms with van der Waals surface area (Å²) in [6.07, 6.45) is 0. The molecule has 0 spiro atoms. The molecule has 0 N–H and O–H groups in total. The smallest absolute Gasteiger partial charge is 0.321 e. The van der Waals surface area contributed by atoms with Crippen LogP contribution in [0.3, 0.4) is 0 Å². The summed E-state index contributed by atoms with van der Waals surface area (Å²) in [6, 6.07) is 0. The summed E-state index contributed by atoms with van der Waals surface area (Å²) in [4.78, 5) is 10.6. The fraction of sp³-hybridized carbons (Fsp3) is 0.125. The number of hydrogen-bond donors (Lipinski definition) is 1. The standard InChI is InChI=1S/C8H3F5O2S/c9-3-4(10)6(12)8(7(13)5(3)11)15-2(14)1-16/h16H,1H2. The van der Waals surface area contributed by atoms with E-state index in [-0.39, 0.29) is 0 Å². The van der Waals surface area contributed by atoms with Gasteiger partial charge in [-0.1, -0.05) is 0 Å². The molecular formula is C8H3F5O2S. The lowest BCUT2D eigenvalue weighted by atomic mass is 10.2. The quantitative estimate of drug-likeness (QED) is 0.220. The molecular weight excluding hydrogens is 255 g/mol. The fourth-order valence-electron chi connectivity index (χ4n) is 0.820. The lowest BCUT2D eigenvalue weighted by Crippen LogP contribution is -2.14. The van der Waals surface area contributed by atoms with Crippen molar-refractivity contribution in [3.63, 3.8) is 0 Å². The van der Waals surface area contributed by atoms with Crippen molar-refractivity contribution in [2.45, 2.75) is 0 Å². The van der Waals surface area contributed by atoms with Crippen molar-refractivity contribution in [1.82, 2.24) is 0 Å². The van der Waals surface area contributed by atoms with Crippen LogP contribution in [0.4, 0.5) is 22.0 Å². The summed E-state index contributed by atoms with van der Waals surface area (Å²) in [7, 11) is 0. The Labute approximate surface area is 91.4 Å². The highest BCUT2D eigenvalue weighted by Gasteiger charge is 2.28. The van der Waals surface area contributed by atoms with Gasteiger partial charge in [-0.25, -0.2) is 13.2 Å². The maximum atomic E-state index is 12.9. The molecule has 1 aromatic carbocycles. The third kappa shape index (κ3) is 2.11. The van der Waals surface area contributed by atoms with Crippen LogP contribution in [0.2, 0.25) is 0 Å². The minimum absolute atomic E-state index is 0.570. The SMILES string of the molecule is O=C(CS)Oc1c(F)c(F)c(F)c(F)c1F. The van der Waals surface area contributed by atoms with E-state index in [4.69, 9.17) is 0 Å². The second kappa shape index (κ2) is 4.69. The average Bonchev–Trinajstić information content (AvgIpc) is 2.29. The van der Waals surface area contributed by atoms with E-state index in [1.807, 2.05) is 0 Å². The average molecular weight is 258 g/mol. The van der Waals surface area contributed by atoms with Crippen LogP contribution in [-0.4, -0.2) is 11.7 Å². The Morgan fingerprint density at radius 1 is 0.938 bits per heavy atom. The van der Waals surface area contributed by atoms with Crippen LogP contribution in [0.1, 0.15) is 0 Å². The third-order valence-corrected chi connectivity index (χ3v) is 1.77. The molecule has 0 saturated carbocycles. The number of halogens is 5. The highest BCUT2D eigenvalue weighted by atomic mass is 32.1. The maximum Gasteiger partial charge on any atom is 0.321 e. The summed E-state index contributed by atoms with van der Waals surface area (Å²) < 4.78 is 67.4. The molecule has 0 aliphatic rings. The molecule has 0 radical (unpaired) electrons. The number of thiol groups is 1. The predicted molar refractivity (Wildman–Crippen MR) is 45.7 cm³/mol. The van der Waals surface area contributed by atoms with Gasteiger partial charge in [0.1, 0.15) is 0 Å². The van der Waals surface area contributed by atoms with Gasteiger partial charge >= 0.3 is 5.97 Å². The highest BCUT2D eigenvalue weighted by molar-refractivity contribution is 7.81. The Kier molecular flexibility index (Phi) is 3.74. The molecule has 2 nitrogen and oxygen atoms in total. The molecule has 0 bridgehead atoms. The van der Waals surface area contributed by atoms with Crippen molar-refractivity contribution >= 4 is 18.6 Å². The first kappa shape index (κ1) is 12.8. The minimum Gasteiger partial charge on any atom is -0.419 e. The third-order valence-electron chi connectivity index (χ3n) is 1.51. The zero-order chi connectivity index (χ0) is 12.5. The first-order valence-corrected chi connectivity index (χ1v) is 4.36. The second-order valence-electron chi connectivity index (χ2n) is 2.53. The van der Waals surface area contributed by atoms with Crippen molar-refractivity contribution in [2.75, 3.05) is 5.75 Å². The van der Waals surface area contributed by atoms with Crippen LogP contribution in [0.25, 0.3) is 0 Å². The van der Waals surface area contributed by atoms with Crippen LogP contribution in [-0.2, 0) is 4.79 Å². The first-order valence-electron chi connectivity index (χ1n) is 3.73. The van der Waals surface area contributed by atoms with Crippen molar-refractivity contribution in [2.24, 2.45) is 0 Å². The van der Waals surface area contributed by atoms with Crippen LogP contribution >= 0.6 is 12.6 Å². The molecule has 0 fully saturated rings. The molecule has 1 rings (SSSR count). The largest absolute Gasteiger partial charge is 0.419 e.